The Balaban J connectivity index is 1.98. The number of rotatable bonds is 4. The number of allylic oxidation sites excluding steroid dienone is 3. The third-order valence-electron chi connectivity index (χ3n) is 5.38. The van der Waals surface area contributed by atoms with Crippen LogP contribution in [0.25, 0.3) is 0 Å². The predicted molar refractivity (Wildman–Crippen MR) is 97.4 cm³/mol. The van der Waals surface area contributed by atoms with Crippen molar-refractivity contribution < 1.29 is 4.79 Å². The average Bonchev–Trinajstić information content (AvgIpc) is 2.72. The molecule has 3 nitrogen and oxygen atoms in total. The monoisotopic (exact) mass is 318 g/mol. The van der Waals surface area contributed by atoms with Gasteiger partial charge in [0.25, 0.3) is 0 Å². The van der Waals surface area contributed by atoms with Crippen molar-refractivity contribution in [3.63, 3.8) is 0 Å². The van der Waals surface area contributed by atoms with Gasteiger partial charge in [0, 0.05) is 25.7 Å². The van der Waals surface area contributed by atoms with E-state index in [2.05, 4.69) is 38.7 Å². The molecule has 1 amide bonds. The maximum absolute atomic E-state index is 12.6. The van der Waals surface area contributed by atoms with Crippen LogP contribution in [0.4, 0.5) is 0 Å². The molecule has 2 rings (SSSR count). The summed E-state index contributed by atoms with van der Waals surface area (Å²) in [6.45, 7) is 14.1. The second-order valence-corrected chi connectivity index (χ2v) is 7.79. The second kappa shape index (κ2) is 8.14. The lowest BCUT2D eigenvalue weighted by atomic mass is 9.72. The van der Waals surface area contributed by atoms with Crippen LogP contribution in [-0.4, -0.2) is 48.4 Å². The molecule has 1 aliphatic carbocycles. The first-order valence-electron chi connectivity index (χ1n) is 9.33. The van der Waals surface area contributed by atoms with Crippen LogP contribution in [0.1, 0.15) is 59.8 Å². The lowest BCUT2D eigenvalue weighted by molar-refractivity contribution is -0.125. The molecule has 130 valence electrons. The molecule has 0 unspecified atom stereocenters. The molecular weight excluding hydrogens is 284 g/mol. The Morgan fingerprint density at radius 2 is 1.96 bits per heavy atom. The van der Waals surface area contributed by atoms with Crippen LogP contribution in [0.2, 0.25) is 0 Å². The molecule has 1 heterocycles. The molecule has 1 aliphatic heterocycles. The van der Waals surface area contributed by atoms with E-state index < -0.39 is 0 Å². The quantitative estimate of drug-likeness (QED) is 0.731. The SMILES string of the molecule is CCCN1CCCN(C(=O)C=CC2=C(C)CCCC2(C)C)CC1. The highest BCUT2D eigenvalue weighted by atomic mass is 16.2. The van der Waals surface area contributed by atoms with Gasteiger partial charge in [0.15, 0.2) is 0 Å². The Labute approximate surface area is 142 Å². The number of carbonyl (C=O) groups is 1. The highest BCUT2D eigenvalue weighted by molar-refractivity contribution is 5.88. The summed E-state index contributed by atoms with van der Waals surface area (Å²) >= 11 is 0. The summed E-state index contributed by atoms with van der Waals surface area (Å²) in [6.07, 6.45) is 9.86. The molecule has 1 saturated heterocycles. The van der Waals surface area contributed by atoms with Gasteiger partial charge in [0.1, 0.15) is 0 Å². The van der Waals surface area contributed by atoms with Crippen molar-refractivity contribution in [1.29, 1.82) is 0 Å². The van der Waals surface area contributed by atoms with Crippen molar-refractivity contribution in [2.75, 3.05) is 32.7 Å². The van der Waals surface area contributed by atoms with Gasteiger partial charge in [-0.2, -0.15) is 0 Å². The molecule has 0 bridgehead atoms. The number of hydrogen-bond acceptors (Lipinski definition) is 2. The zero-order valence-electron chi connectivity index (χ0n) is 15.5. The molecule has 0 radical (unpaired) electrons. The predicted octanol–water partition coefficient (Wildman–Crippen LogP) is 4.01. The number of carbonyl (C=O) groups excluding carboxylic acids is 1. The summed E-state index contributed by atoms with van der Waals surface area (Å²) in [5.41, 5.74) is 3.03. The molecule has 2 aliphatic rings. The average molecular weight is 319 g/mol. The third-order valence-corrected chi connectivity index (χ3v) is 5.38. The molecule has 0 atom stereocenters. The second-order valence-electron chi connectivity index (χ2n) is 7.79. The standard InChI is InChI=1S/C20H34N2O/c1-5-12-21-13-7-14-22(16-15-21)19(23)10-9-18-17(2)8-6-11-20(18,3)4/h9-10H,5-8,11-16H2,1-4H3. The van der Waals surface area contributed by atoms with Crippen LogP contribution in [0, 0.1) is 5.41 Å². The molecule has 0 aromatic heterocycles. The largest absolute Gasteiger partial charge is 0.338 e. The van der Waals surface area contributed by atoms with Gasteiger partial charge in [-0.1, -0.05) is 32.4 Å². The first-order valence-corrected chi connectivity index (χ1v) is 9.33. The van der Waals surface area contributed by atoms with Crippen LogP contribution < -0.4 is 0 Å². The lowest BCUT2D eigenvalue weighted by Crippen LogP contribution is -2.34. The van der Waals surface area contributed by atoms with Crippen molar-refractivity contribution in [2.45, 2.75) is 59.8 Å². The summed E-state index contributed by atoms with van der Waals surface area (Å²) in [6, 6.07) is 0. The first kappa shape index (κ1) is 18.3. The summed E-state index contributed by atoms with van der Waals surface area (Å²) in [7, 11) is 0. The zero-order chi connectivity index (χ0) is 16.9. The Hall–Kier alpha value is -1.09. The third kappa shape index (κ3) is 4.94. The highest BCUT2D eigenvalue weighted by Crippen LogP contribution is 2.40. The maximum atomic E-state index is 12.6. The summed E-state index contributed by atoms with van der Waals surface area (Å²) in [5.74, 6) is 0.185. The molecule has 1 fully saturated rings. The van der Waals surface area contributed by atoms with E-state index in [1.54, 1.807) is 0 Å². The Morgan fingerprint density at radius 1 is 1.17 bits per heavy atom. The Bertz CT molecular complexity index is 476. The van der Waals surface area contributed by atoms with E-state index in [1.165, 1.54) is 36.8 Å². The van der Waals surface area contributed by atoms with Gasteiger partial charge in [0.2, 0.25) is 5.91 Å². The Kier molecular flexibility index (Phi) is 6.46. The maximum Gasteiger partial charge on any atom is 0.246 e. The zero-order valence-corrected chi connectivity index (χ0v) is 15.5. The van der Waals surface area contributed by atoms with Crippen molar-refractivity contribution in [2.24, 2.45) is 5.41 Å². The van der Waals surface area contributed by atoms with Crippen molar-refractivity contribution >= 4 is 5.91 Å². The molecule has 0 N–H and O–H groups in total. The fraction of sp³-hybridized carbons (Fsp3) is 0.750. The van der Waals surface area contributed by atoms with E-state index in [1.807, 2.05) is 11.0 Å². The fourth-order valence-corrected chi connectivity index (χ4v) is 4.00. The van der Waals surface area contributed by atoms with E-state index in [9.17, 15) is 4.79 Å². The van der Waals surface area contributed by atoms with Gasteiger partial charge in [-0.15, -0.1) is 0 Å². The lowest BCUT2D eigenvalue weighted by Gasteiger charge is -2.33. The van der Waals surface area contributed by atoms with Crippen LogP contribution in [0.15, 0.2) is 23.3 Å². The van der Waals surface area contributed by atoms with Gasteiger partial charge in [-0.05, 0) is 63.1 Å². The minimum atomic E-state index is 0.185. The van der Waals surface area contributed by atoms with Crippen LogP contribution in [0.3, 0.4) is 0 Å². The van der Waals surface area contributed by atoms with E-state index in [-0.39, 0.29) is 11.3 Å². The summed E-state index contributed by atoms with van der Waals surface area (Å²) in [4.78, 5) is 17.1. The Morgan fingerprint density at radius 3 is 2.65 bits per heavy atom. The van der Waals surface area contributed by atoms with Gasteiger partial charge in [-0.25, -0.2) is 0 Å². The highest BCUT2D eigenvalue weighted by Gasteiger charge is 2.27. The minimum Gasteiger partial charge on any atom is -0.338 e. The van der Waals surface area contributed by atoms with Crippen LogP contribution >= 0.6 is 0 Å². The summed E-state index contributed by atoms with van der Waals surface area (Å²) < 4.78 is 0. The van der Waals surface area contributed by atoms with Crippen LogP contribution in [0.5, 0.6) is 0 Å². The number of amides is 1. The molecule has 0 aromatic carbocycles. The summed E-state index contributed by atoms with van der Waals surface area (Å²) in [5, 5.41) is 0. The molecule has 0 aromatic rings. The van der Waals surface area contributed by atoms with E-state index >= 15 is 0 Å². The molecule has 3 heteroatoms. The van der Waals surface area contributed by atoms with Crippen molar-refractivity contribution in [3.8, 4) is 0 Å². The number of nitrogens with zero attached hydrogens (tertiary/aromatic N) is 2. The van der Waals surface area contributed by atoms with Crippen LogP contribution in [-0.2, 0) is 4.79 Å². The normalized spacial score (nSPS) is 23.4. The smallest absolute Gasteiger partial charge is 0.246 e. The van der Waals surface area contributed by atoms with Gasteiger partial charge in [-0.3, -0.25) is 4.79 Å². The van der Waals surface area contributed by atoms with Gasteiger partial charge in [0.05, 0.1) is 0 Å². The number of hydrogen-bond donors (Lipinski definition) is 0. The molecule has 0 saturated carbocycles. The molecule has 23 heavy (non-hydrogen) atoms. The van der Waals surface area contributed by atoms with E-state index in [0.717, 1.165) is 39.1 Å². The molecular formula is C20H34N2O. The first-order chi connectivity index (χ1) is 10.9. The topological polar surface area (TPSA) is 23.6 Å². The van der Waals surface area contributed by atoms with Gasteiger partial charge < -0.3 is 9.80 Å². The molecule has 0 spiro atoms. The fourth-order valence-electron chi connectivity index (χ4n) is 4.00. The van der Waals surface area contributed by atoms with E-state index in [0.29, 0.717) is 0 Å². The van der Waals surface area contributed by atoms with Gasteiger partial charge >= 0.3 is 0 Å². The van der Waals surface area contributed by atoms with E-state index in [4.69, 9.17) is 0 Å². The van der Waals surface area contributed by atoms with Crippen molar-refractivity contribution in [3.05, 3.63) is 23.3 Å². The minimum absolute atomic E-state index is 0.185. The van der Waals surface area contributed by atoms with Crippen molar-refractivity contribution in [1.82, 2.24) is 9.80 Å².